The third-order valence-corrected chi connectivity index (χ3v) is 3.69. The summed E-state index contributed by atoms with van der Waals surface area (Å²) in [7, 11) is 0. The van der Waals surface area contributed by atoms with Crippen LogP contribution < -0.4 is 5.32 Å². The van der Waals surface area contributed by atoms with E-state index in [4.69, 9.17) is 0 Å². The minimum absolute atomic E-state index is 1.11. The fraction of sp³-hybridized carbons (Fsp3) is 1.00. The number of hydrogen-bond acceptors (Lipinski definition) is 3. The Balaban J connectivity index is 1.93. The lowest BCUT2D eigenvalue weighted by Crippen LogP contribution is -2.27. The van der Waals surface area contributed by atoms with E-state index in [0.717, 1.165) is 6.54 Å². The molecule has 0 aromatic rings. The van der Waals surface area contributed by atoms with Gasteiger partial charge in [0.1, 0.15) is 0 Å². The highest BCUT2D eigenvalue weighted by Crippen LogP contribution is 2.10. The van der Waals surface area contributed by atoms with Crippen molar-refractivity contribution in [3.8, 4) is 0 Å². The van der Waals surface area contributed by atoms with Crippen LogP contribution in [0, 0.1) is 0 Å². The summed E-state index contributed by atoms with van der Waals surface area (Å²) in [6, 6.07) is 0. The van der Waals surface area contributed by atoms with Crippen LogP contribution in [0.1, 0.15) is 26.2 Å². The Hall–Kier alpha value is 0.270. The molecule has 3 heteroatoms. The number of nitrogens with one attached hydrogen (secondary N) is 1. The third-order valence-electron chi connectivity index (χ3n) is 2.64. The van der Waals surface area contributed by atoms with E-state index in [1.807, 2.05) is 0 Å². The van der Waals surface area contributed by atoms with Crippen molar-refractivity contribution < 1.29 is 0 Å². The van der Waals surface area contributed by atoms with Gasteiger partial charge in [-0.1, -0.05) is 6.92 Å². The fourth-order valence-electron chi connectivity index (χ4n) is 1.78. The first-order valence-corrected chi connectivity index (χ1v) is 7.09. The van der Waals surface area contributed by atoms with Crippen molar-refractivity contribution in [2.75, 3.05) is 44.2 Å². The van der Waals surface area contributed by atoms with Crippen LogP contribution in [0.25, 0.3) is 0 Å². The zero-order chi connectivity index (χ0) is 10.1. The van der Waals surface area contributed by atoms with Crippen molar-refractivity contribution in [2.45, 2.75) is 26.2 Å². The second-order valence-corrected chi connectivity index (χ2v) is 5.09. The Kier molecular flexibility index (Phi) is 7.55. The molecule has 0 aliphatic carbocycles. The zero-order valence-corrected chi connectivity index (χ0v) is 10.2. The Morgan fingerprint density at radius 1 is 1.21 bits per heavy atom. The van der Waals surface area contributed by atoms with Gasteiger partial charge in [0.15, 0.2) is 0 Å². The summed E-state index contributed by atoms with van der Waals surface area (Å²) in [5.41, 5.74) is 0. The molecule has 0 bridgehead atoms. The van der Waals surface area contributed by atoms with Crippen LogP contribution in [0.15, 0.2) is 0 Å². The van der Waals surface area contributed by atoms with Crippen molar-refractivity contribution in [1.82, 2.24) is 10.2 Å². The lowest BCUT2D eigenvalue weighted by molar-refractivity contribution is 0.288. The highest BCUT2D eigenvalue weighted by molar-refractivity contribution is 7.99. The first-order chi connectivity index (χ1) is 6.93. The van der Waals surface area contributed by atoms with E-state index in [0.29, 0.717) is 0 Å². The van der Waals surface area contributed by atoms with Crippen LogP contribution in [0.3, 0.4) is 0 Å². The maximum atomic E-state index is 3.38. The second-order valence-electron chi connectivity index (χ2n) is 3.87. The van der Waals surface area contributed by atoms with Crippen molar-refractivity contribution in [1.29, 1.82) is 0 Å². The van der Waals surface area contributed by atoms with Gasteiger partial charge < -0.3 is 10.2 Å². The van der Waals surface area contributed by atoms with E-state index in [2.05, 4.69) is 28.9 Å². The van der Waals surface area contributed by atoms with Gasteiger partial charge >= 0.3 is 0 Å². The molecule has 0 spiro atoms. The molecule has 1 rings (SSSR count). The predicted octanol–water partition coefficient (Wildman–Crippen LogP) is 1.81. The largest absolute Gasteiger partial charge is 0.317 e. The highest BCUT2D eigenvalue weighted by Gasteiger charge is 2.07. The Morgan fingerprint density at radius 3 is 3.00 bits per heavy atom. The zero-order valence-electron chi connectivity index (χ0n) is 9.43. The molecular formula is C11H24N2S. The summed E-state index contributed by atoms with van der Waals surface area (Å²) in [5.74, 6) is 2.71. The molecule has 1 N–H and O–H groups in total. The van der Waals surface area contributed by atoms with Gasteiger partial charge in [-0.05, 0) is 51.2 Å². The minimum atomic E-state index is 1.11. The Bertz CT molecular complexity index is 122. The molecule has 0 unspecified atom stereocenters. The highest BCUT2D eigenvalue weighted by atomic mass is 32.2. The molecule has 0 aromatic heterocycles. The summed E-state index contributed by atoms with van der Waals surface area (Å²) in [6.45, 7) is 8.43. The fourth-order valence-corrected chi connectivity index (χ4v) is 2.71. The lowest BCUT2D eigenvalue weighted by Gasteiger charge is -2.18. The van der Waals surface area contributed by atoms with E-state index in [-0.39, 0.29) is 0 Å². The van der Waals surface area contributed by atoms with E-state index < -0.39 is 0 Å². The van der Waals surface area contributed by atoms with Gasteiger partial charge in [-0.15, -0.1) is 0 Å². The van der Waals surface area contributed by atoms with Crippen LogP contribution in [0.2, 0.25) is 0 Å². The molecule has 0 saturated carbocycles. The van der Waals surface area contributed by atoms with Crippen LogP contribution in [0.5, 0.6) is 0 Å². The van der Waals surface area contributed by atoms with Gasteiger partial charge in [0.05, 0.1) is 0 Å². The summed E-state index contributed by atoms with van der Waals surface area (Å²) in [4.78, 5) is 2.63. The minimum Gasteiger partial charge on any atom is -0.317 e. The normalized spacial score (nSPS) is 19.5. The summed E-state index contributed by atoms with van der Waals surface area (Å²) < 4.78 is 0. The maximum absolute atomic E-state index is 3.38. The monoisotopic (exact) mass is 216 g/mol. The molecule has 0 radical (unpaired) electrons. The molecule has 1 saturated heterocycles. The smallest absolute Gasteiger partial charge is 0.00723 e. The van der Waals surface area contributed by atoms with Crippen molar-refractivity contribution in [3.05, 3.63) is 0 Å². The number of hydrogen-bond donors (Lipinski definition) is 1. The molecule has 1 aliphatic heterocycles. The van der Waals surface area contributed by atoms with Gasteiger partial charge in [-0.25, -0.2) is 0 Å². The number of rotatable bonds is 6. The molecule has 84 valence electrons. The first-order valence-electron chi connectivity index (χ1n) is 5.94. The third kappa shape index (κ3) is 5.89. The van der Waals surface area contributed by atoms with Crippen molar-refractivity contribution in [3.63, 3.8) is 0 Å². The Morgan fingerprint density at radius 2 is 2.14 bits per heavy atom. The number of nitrogens with zero attached hydrogens (tertiary/aromatic N) is 1. The quantitative estimate of drug-likeness (QED) is 0.682. The van der Waals surface area contributed by atoms with Crippen LogP contribution in [-0.4, -0.2) is 49.1 Å². The van der Waals surface area contributed by atoms with E-state index in [1.54, 1.807) is 0 Å². The van der Waals surface area contributed by atoms with Crippen molar-refractivity contribution in [2.24, 2.45) is 0 Å². The maximum Gasteiger partial charge on any atom is 0.00723 e. The number of unbranched alkanes of at least 4 members (excludes halogenated alkanes) is 1. The van der Waals surface area contributed by atoms with Gasteiger partial charge in [0.2, 0.25) is 0 Å². The molecule has 0 atom stereocenters. The van der Waals surface area contributed by atoms with Crippen LogP contribution in [0.4, 0.5) is 0 Å². The average molecular weight is 216 g/mol. The Labute approximate surface area is 92.8 Å². The standard InChI is InChI=1S/C11H24N2S/c1-2-12-6-3-4-7-13-8-5-10-14-11-9-13/h12H,2-11H2,1H3. The lowest BCUT2D eigenvalue weighted by atomic mass is 10.2. The van der Waals surface area contributed by atoms with Crippen molar-refractivity contribution >= 4 is 11.8 Å². The average Bonchev–Trinajstić information content (AvgIpc) is 2.46. The number of thioether (sulfide) groups is 1. The van der Waals surface area contributed by atoms with Crippen LogP contribution in [-0.2, 0) is 0 Å². The molecular weight excluding hydrogens is 192 g/mol. The molecule has 1 aliphatic rings. The van der Waals surface area contributed by atoms with E-state index >= 15 is 0 Å². The second kappa shape index (κ2) is 8.57. The first kappa shape index (κ1) is 12.3. The van der Waals surface area contributed by atoms with Gasteiger partial charge in [-0.3, -0.25) is 0 Å². The molecule has 0 amide bonds. The molecule has 2 nitrogen and oxygen atoms in total. The predicted molar refractivity (Wildman–Crippen MR) is 66.2 cm³/mol. The molecule has 0 aromatic carbocycles. The summed E-state index contributed by atoms with van der Waals surface area (Å²) in [6.07, 6.45) is 4.08. The van der Waals surface area contributed by atoms with Gasteiger partial charge in [-0.2, -0.15) is 11.8 Å². The summed E-state index contributed by atoms with van der Waals surface area (Å²) in [5, 5.41) is 3.38. The SMILES string of the molecule is CCNCCCCN1CCCSCC1. The van der Waals surface area contributed by atoms with Gasteiger partial charge in [0, 0.05) is 12.3 Å². The van der Waals surface area contributed by atoms with Crippen LogP contribution >= 0.6 is 11.8 Å². The van der Waals surface area contributed by atoms with Gasteiger partial charge in [0.25, 0.3) is 0 Å². The molecule has 1 heterocycles. The molecule has 1 fully saturated rings. The topological polar surface area (TPSA) is 15.3 Å². The summed E-state index contributed by atoms with van der Waals surface area (Å²) >= 11 is 2.11. The van der Waals surface area contributed by atoms with E-state index in [1.165, 1.54) is 56.9 Å². The molecule has 14 heavy (non-hydrogen) atoms. The van der Waals surface area contributed by atoms with E-state index in [9.17, 15) is 0 Å².